The van der Waals surface area contributed by atoms with Crippen LogP contribution in [0.15, 0.2) is 17.5 Å². The molecule has 1 heterocycles. The van der Waals surface area contributed by atoms with Gasteiger partial charge in [-0.25, -0.2) is 0 Å². The van der Waals surface area contributed by atoms with Crippen molar-refractivity contribution in [3.8, 4) is 0 Å². The summed E-state index contributed by atoms with van der Waals surface area (Å²) in [6, 6.07) is 3.97. The highest BCUT2D eigenvalue weighted by molar-refractivity contribution is 8.01. The number of carbonyl (C=O) groups excluding carboxylic acids is 1. The van der Waals surface area contributed by atoms with Gasteiger partial charge in [0.15, 0.2) is 0 Å². The Hall–Kier alpha value is -0.520. The first-order valence-electron chi connectivity index (χ1n) is 5.64. The SMILES string of the molecule is C[C@H](S[C@H](C)[C@@H](C)O)C(=O)NCc1cccs1. The van der Waals surface area contributed by atoms with Crippen LogP contribution in [0.1, 0.15) is 25.6 Å². The van der Waals surface area contributed by atoms with E-state index in [9.17, 15) is 9.90 Å². The number of rotatable bonds is 6. The number of thiophene rings is 1. The number of hydrogen-bond donors (Lipinski definition) is 2. The van der Waals surface area contributed by atoms with Crippen LogP contribution in [-0.4, -0.2) is 27.6 Å². The second-order valence-electron chi connectivity index (χ2n) is 4.02. The van der Waals surface area contributed by atoms with E-state index in [1.165, 1.54) is 11.8 Å². The van der Waals surface area contributed by atoms with Gasteiger partial charge in [-0.05, 0) is 25.3 Å². The highest BCUT2D eigenvalue weighted by Crippen LogP contribution is 2.20. The summed E-state index contributed by atoms with van der Waals surface area (Å²) >= 11 is 3.13. The summed E-state index contributed by atoms with van der Waals surface area (Å²) in [5.74, 6) is 0.0240. The van der Waals surface area contributed by atoms with Gasteiger partial charge < -0.3 is 10.4 Å². The van der Waals surface area contributed by atoms with Crippen LogP contribution in [0.2, 0.25) is 0 Å². The maximum Gasteiger partial charge on any atom is 0.233 e. The van der Waals surface area contributed by atoms with Gasteiger partial charge in [0, 0.05) is 10.1 Å². The first kappa shape index (κ1) is 14.5. The van der Waals surface area contributed by atoms with Crippen LogP contribution >= 0.6 is 23.1 Å². The van der Waals surface area contributed by atoms with E-state index in [-0.39, 0.29) is 16.4 Å². The molecule has 96 valence electrons. The Kier molecular flexibility index (Phi) is 6.02. The Balaban J connectivity index is 2.32. The Morgan fingerprint density at radius 2 is 2.24 bits per heavy atom. The average molecular weight is 273 g/mol. The van der Waals surface area contributed by atoms with Crippen molar-refractivity contribution in [2.24, 2.45) is 0 Å². The number of nitrogens with one attached hydrogen (secondary N) is 1. The first-order valence-corrected chi connectivity index (χ1v) is 7.46. The second-order valence-corrected chi connectivity index (χ2v) is 6.78. The molecule has 0 aliphatic heterocycles. The summed E-state index contributed by atoms with van der Waals surface area (Å²) in [4.78, 5) is 12.9. The molecule has 0 aliphatic rings. The zero-order valence-corrected chi connectivity index (χ0v) is 12.0. The molecule has 0 unspecified atom stereocenters. The van der Waals surface area contributed by atoms with Gasteiger partial charge in [0.1, 0.15) is 0 Å². The minimum Gasteiger partial charge on any atom is -0.392 e. The van der Waals surface area contributed by atoms with Crippen molar-refractivity contribution in [2.75, 3.05) is 0 Å². The van der Waals surface area contributed by atoms with Gasteiger partial charge in [-0.1, -0.05) is 13.0 Å². The fourth-order valence-corrected chi connectivity index (χ4v) is 2.95. The molecule has 2 N–H and O–H groups in total. The van der Waals surface area contributed by atoms with Gasteiger partial charge in [-0.2, -0.15) is 0 Å². The van der Waals surface area contributed by atoms with Gasteiger partial charge in [0.05, 0.1) is 17.9 Å². The minimum atomic E-state index is -0.396. The second kappa shape index (κ2) is 7.03. The van der Waals surface area contributed by atoms with Crippen LogP contribution in [0.3, 0.4) is 0 Å². The average Bonchev–Trinajstić information content (AvgIpc) is 2.78. The summed E-state index contributed by atoms with van der Waals surface area (Å²) in [5.41, 5.74) is 0. The number of thioether (sulfide) groups is 1. The van der Waals surface area contributed by atoms with Gasteiger partial charge in [-0.15, -0.1) is 23.1 Å². The Morgan fingerprint density at radius 3 is 2.76 bits per heavy atom. The Bertz CT molecular complexity index is 338. The molecule has 1 aromatic heterocycles. The van der Waals surface area contributed by atoms with E-state index in [0.717, 1.165) is 4.88 Å². The maximum absolute atomic E-state index is 11.8. The molecule has 3 atom stereocenters. The van der Waals surface area contributed by atoms with E-state index in [1.54, 1.807) is 18.3 Å². The minimum absolute atomic E-state index is 0.0240. The lowest BCUT2D eigenvalue weighted by Crippen LogP contribution is -2.32. The van der Waals surface area contributed by atoms with Crippen molar-refractivity contribution in [3.05, 3.63) is 22.4 Å². The molecule has 17 heavy (non-hydrogen) atoms. The lowest BCUT2D eigenvalue weighted by Gasteiger charge is -2.18. The molecule has 0 fully saturated rings. The van der Waals surface area contributed by atoms with Crippen LogP contribution in [0, 0.1) is 0 Å². The molecule has 0 aromatic carbocycles. The topological polar surface area (TPSA) is 49.3 Å². The summed E-state index contributed by atoms with van der Waals surface area (Å²) in [7, 11) is 0. The maximum atomic E-state index is 11.8. The van der Waals surface area contributed by atoms with Crippen LogP contribution in [0.4, 0.5) is 0 Å². The third kappa shape index (κ3) is 5.10. The van der Waals surface area contributed by atoms with Crippen molar-refractivity contribution in [3.63, 3.8) is 0 Å². The third-order valence-corrected chi connectivity index (χ3v) is 4.81. The van der Waals surface area contributed by atoms with Gasteiger partial charge in [0.25, 0.3) is 0 Å². The summed E-state index contributed by atoms with van der Waals surface area (Å²) in [5, 5.41) is 14.2. The molecule has 0 bridgehead atoms. The van der Waals surface area contributed by atoms with Crippen LogP contribution in [0.5, 0.6) is 0 Å². The van der Waals surface area contributed by atoms with E-state index in [1.807, 2.05) is 31.4 Å². The molecule has 5 heteroatoms. The van der Waals surface area contributed by atoms with Crippen molar-refractivity contribution in [2.45, 2.75) is 43.9 Å². The third-order valence-electron chi connectivity index (χ3n) is 2.48. The zero-order chi connectivity index (χ0) is 12.8. The van der Waals surface area contributed by atoms with Crippen molar-refractivity contribution >= 4 is 29.0 Å². The lowest BCUT2D eigenvalue weighted by atomic mass is 10.3. The highest BCUT2D eigenvalue weighted by atomic mass is 32.2. The monoisotopic (exact) mass is 273 g/mol. The molecular formula is C12H19NO2S2. The molecule has 0 spiro atoms. The van der Waals surface area contributed by atoms with Gasteiger partial charge >= 0.3 is 0 Å². The smallest absolute Gasteiger partial charge is 0.233 e. The molecule has 3 nitrogen and oxygen atoms in total. The van der Waals surface area contributed by atoms with E-state index < -0.39 is 6.10 Å². The zero-order valence-electron chi connectivity index (χ0n) is 10.3. The lowest BCUT2D eigenvalue weighted by molar-refractivity contribution is -0.120. The fraction of sp³-hybridized carbons (Fsp3) is 0.583. The Morgan fingerprint density at radius 1 is 1.53 bits per heavy atom. The van der Waals surface area contributed by atoms with Crippen LogP contribution in [-0.2, 0) is 11.3 Å². The van der Waals surface area contributed by atoms with Crippen LogP contribution < -0.4 is 5.32 Å². The van der Waals surface area contributed by atoms with Crippen molar-refractivity contribution < 1.29 is 9.90 Å². The standard InChI is InChI=1S/C12H19NO2S2/c1-8(14)9(2)17-10(3)12(15)13-7-11-5-4-6-16-11/h4-6,8-10,14H,7H2,1-3H3,(H,13,15)/t8-,9-,10+/m1/s1. The molecule has 0 aliphatic carbocycles. The molecular weight excluding hydrogens is 254 g/mol. The quantitative estimate of drug-likeness (QED) is 0.836. The number of hydrogen-bond acceptors (Lipinski definition) is 4. The van der Waals surface area contributed by atoms with Gasteiger partial charge in [-0.3, -0.25) is 4.79 Å². The molecule has 1 aromatic rings. The highest BCUT2D eigenvalue weighted by Gasteiger charge is 2.19. The number of aliphatic hydroxyl groups is 1. The molecule has 1 rings (SSSR count). The largest absolute Gasteiger partial charge is 0.392 e. The first-order chi connectivity index (χ1) is 8.00. The number of carbonyl (C=O) groups is 1. The fourth-order valence-electron chi connectivity index (χ4n) is 1.23. The summed E-state index contributed by atoms with van der Waals surface area (Å²) in [6.07, 6.45) is -0.396. The summed E-state index contributed by atoms with van der Waals surface area (Å²) in [6.45, 7) is 6.13. The van der Waals surface area contributed by atoms with Crippen LogP contribution in [0.25, 0.3) is 0 Å². The normalized spacial score (nSPS) is 16.2. The predicted octanol–water partition coefficient (Wildman–Crippen LogP) is 2.26. The van der Waals surface area contributed by atoms with E-state index in [0.29, 0.717) is 6.54 Å². The number of aliphatic hydroxyl groups excluding tert-OH is 1. The van der Waals surface area contributed by atoms with Gasteiger partial charge in [0.2, 0.25) is 5.91 Å². The van der Waals surface area contributed by atoms with E-state index in [4.69, 9.17) is 0 Å². The summed E-state index contributed by atoms with van der Waals surface area (Å²) < 4.78 is 0. The number of amides is 1. The molecule has 1 amide bonds. The van der Waals surface area contributed by atoms with Crippen molar-refractivity contribution in [1.29, 1.82) is 0 Å². The van der Waals surface area contributed by atoms with E-state index >= 15 is 0 Å². The van der Waals surface area contributed by atoms with E-state index in [2.05, 4.69) is 5.32 Å². The molecule has 0 saturated carbocycles. The predicted molar refractivity (Wildman–Crippen MR) is 74.4 cm³/mol. The molecule has 0 saturated heterocycles. The Labute approximate surface area is 111 Å². The van der Waals surface area contributed by atoms with Crippen molar-refractivity contribution in [1.82, 2.24) is 5.32 Å². The molecule has 0 radical (unpaired) electrons.